The van der Waals surface area contributed by atoms with E-state index in [0.717, 1.165) is 23.7 Å². The van der Waals surface area contributed by atoms with Crippen LogP contribution in [0.25, 0.3) is 0 Å². The van der Waals surface area contributed by atoms with Crippen LogP contribution in [0.3, 0.4) is 0 Å². The maximum absolute atomic E-state index is 6.31. The molecule has 1 aliphatic rings. The van der Waals surface area contributed by atoms with Crippen LogP contribution >= 0.6 is 11.6 Å². The normalized spacial score (nSPS) is 19.7. The van der Waals surface area contributed by atoms with Crippen LogP contribution in [0.5, 0.6) is 0 Å². The van der Waals surface area contributed by atoms with E-state index >= 15 is 0 Å². The van der Waals surface area contributed by atoms with Gasteiger partial charge in [0, 0.05) is 24.6 Å². The minimum atomic E-state index is 0.0927. The number of nitrogens with two attached hydrogens (primary N) is 1. The number of hydrogen-bond donors (Lipinski definition) is 1. The van der Waals surface area contributed by atoms with Crippen molar-refractivity contribution in [3.63, 3.8) is 0 Å². The quantitative estimate of drug-likeness (QED) is 0.842. The molecule has 1 heterocycles. The van der Waals surface area contributed by atoms with Gasteiger partial charge in [-0.3, -0.25) is 4.68 Å². The molecule has 2 N–H and O–H groups in total. The average molecular weight is 228 g/mol. The van der Waals surface area contributed by atoms with Crippen molar-refractivity contribution in [3.05, 3.63) is 16.4 Å². The van der Waals surface area contributed by atoms with E-state index in [1.54, 1.807) is 4.68 Å². The van der Waals surface area contributed by atoms with E-state index in [-0.39, 0.29) is 5.41 Å². The summed E-state index contributed by atoms with van der Waals surface area (Å²) in [5.41, 5.74) is 8.27. The second kappa shape index (κ2) is 3.80. The molecule has 1 fully saturated rings. The molecule has 1 saturated carbocycles. The lowest BCUT2D eigenvalue weighted by atomic mass is 9.79. The van der Waals surface area contributed by atoms with Crippen molar-refractivity contribution in [2.75, 3.05) is 6.54 Å². The van der Waals surface area contributed by atoms with Crippen molar-refractivity contribution in [2.24, 2.45) is 12.8 Å². The standard InChI is InChI=1S/C11H18ClN3/c1-8-9(10(12)15(2)14-8)11(7-13)5-3-4-6-11/h3-7,13H2,1-2H3. The Morgan fingerprint density at radius 1 is 1.47 bits per heavy atom. The summed E-state index contributed by atoms with van der Waals surface area (Å²) in [6.45, 7) is 2.70. The third kappa shape index (κ3) is 1.58. The maximum Gasteiger partial charge on any atom is 0.130 e. The van der Waals surface area contributed by atoms with E-state index < -0.39 is 0 Å². The summed E-state index contributed by atoms with van der Waals surface area (Å²) < 4.78 is 1.75. The topological polar surface area (TPSA) is 43.8 Å². The van der Waals surface area contributed by atoms with Gasteiger partial charge in [-0.25, -0.2) is 0 Å². The van der Waals surface area contributed by atoms with Gasteiger partial charge in [0.25, 0.3) is 0 Å². The van der Waals surface area contributed by atoms with Crippen LogP contribution < -0.4 is 5.73 Å². The van der Waals surface area contributed by atoms with Gasteiger partial charge in [-0.15, -0.1) is 0 Å². The molecule has 0 aromatic carbocycles. The minimum Gasteiger partial charge on any atom is -0.330 e. The molecule has 0 atom stereocenters. The molecule has 1 aliphatic carbocycles. The summed E-state index contributed by atoms with van der Waals surface area (Å²) in [5.74, 6) is 0. The highest BCUT2D eigenvalue weighted by atomic mass is 35.5. The molecule has 0 bridgehead atoms. The highest BCUT2D eigenvalue weighted by Gasteiger charge is 2.38. The van der Waals surface area contributed by atoms with Gasteiger partial charge < -0.3 is 5.73 Å². The maximum atomic E-state index is 6.31. The second-order valence-corrected chi connectivity index (χ2v) is 4.92. The Balaban J connectivity index is 2.51. The van der Waals surface area contributed by atoms with Gasteiger partial charge in [0.2, 0.25) is 0 Å². The molecule has 3 nitrogen and oxygen atoms in total. The van der Waals surface area contributed by atoms with Gasteiger partial charge in [-0.05, 0) is 19.8 Å². The summed E-state index contributed by atoms with van der Waals surface area (Å²) in [4.78, 5) is 0. The second-order valence-electron chi connectivity index (χ2n) is 4.57. The Morgan fingerprint density at radius 2 is 2.07 bits per heavy atom. The van der Waals surface area contributed by atoms with Gasteiger partial charge in [-0.2, -0.15) is 5.10 Å². The van der Waals surface area contributed by atoms with E-state index in [4.69, 9.17) is 17.3 Å². The number of hydrogen-bond acceptors (Lipinski definition) is 2. The van der Waals surface area contributed by atoms with Crippen LogP contribution in [0.4, 0.5) is 0 Å². The van der Waals surface area contributed by atoms with E-state index in [0.29, 0.717) is 6.54 Å². The highest BCUT2D eigenvalue weighted by molar-refractivity contribution is 6.30. The summed E-state index contributed by atoms with van der Waals surface area (Å²) >= 11 is 6.31. The Kier molecular flexibility index (Phi) is 2.77. The molecule has 0 unspecified atom stereocenters. The van der Waals surface area contributed by atoms with E-state index in [1.165, 1.54) is 18.4 Å². The first-order chi connectivity index (χ1) is 7.10. The fourth-order valence-corrected chi connectivity index (χ4v) is 3.22. The third-order valence-corrected chi connectivity index (χ3v) is 4.07. The lowest BCUT2D eigenvalue weighted by Crippen LogP contribution is -2.32. The predicted octanol–water partition coefficient (Wildman–Crippen LogP) is 2.15. The molecule has 0 spiro atoms. The van der Waals surface area contributed by atoms with Crippen LogP contribution in [0, 0.1) is 6.92 Å². The van der Waals surface area contributed by atoms with E-state index in [1.807, 2.05) is 14.0 Å². The first-order valence-electron chi connectivity index (χ1n) is 5.50. The van der Waals surface area contributed by atoms with E-state index in [9.17, 15) is 0 Å². The Hall–Kier alpha value is -0.540. The Morgan fingerprint density at radius 3 is 2.47 bits per heavy atom. The Bertz CT molecular complexity index is 364. The summed E-state index contributed by atoms with van der Waals surface area (Å²) in [6, 6.07) is 0. The number of rotatable bonds is 2. The van der Waals surface area contributed by atoms with Crippen LogP contribution in [0.2, 0.25) is 5.15 Å². The molecule has 0 aliphatic heterocycles. The van der Waals surface area contributed by atoms with Crippen molar-refractivity contribution in [1.82, 2.24) is 9.78 Å². The fraction of sp³-hybridized carbons (Fsp3) is 0.727. The van der Waals surface area contributed by atoms with Crippen LogP contribution in [0.1, 0.15) is 36.9 Å². The lowest BCUT2D eigenvalue weighted by molar-refractivity contribution is 0.450. The first-order valence-corrected chi connectivity index (χ1v) is 5.88. The predicted molar refractivity (Wildman–Crippen MR) is 62.2 cm³/mol. The molecule has 0 radical (unpaired) electrons. The van der Waals surface area contributed by atoms with Gasteiger partial charge in [-0.1, -0.05) is 24.4 Å². The number of aromatic nitrogens is 2. The van der Waals surface area contributed by atoms with Crippen molar-refractivity contribution in [2.45, 2.75) is 38.0 Å². The monoisotopic (exact) mass is 227 g/mol. The zero-order valence-electron chi connectivity index (χ0n) is 9.39. The molecular formula is C11H18ClN3. The van der Waals surface area contributed by atoms with Gasteiger partial charge in [0.05, 0.1) is 5.69 Å². The van der Waals surface area contributed by atoms with Crippen molar-refractivity contribution in [3.8, 4) is 0 Å². The Labute approximate surface area is 95.6 Å². The third-order valence-electron chi connectivity index (χ3n) is 3.63. The summed E-state index contributed by atoms with van der Waals surface area (Å²) in [7, 11) is 1.89. The van der Waals surface area contributed by atoms with Gasteiger partial charge in [0.15, 0.2) is 0 Å². The van der Waals surface area contributed by atoms with Crippen molar-refractivity contribution >= 4 is 11.6 Å². The first kappa shape index (κ1) is 11.0. The summed E-state index contributed by atoms with van der Waals surface area (Å²) in [5, 5.41) is 5.14. The molecule has 0 amide bonds. The fourth-order valence-electron chi connectivity index (χ4n) is 2.84. The van der Waals surface area contributed by atoms with Crippen LogP contribution in [0.15, 0.2) is 0 Å². The van der Waals surface area contributed by atoms with Gasteiger partial charge >= 0.3 is 0 Å². The van der Waals surface area contributed by atoms with Crippen molar-refractivity contribution in [1.29, 1.82) is 0 Å². The number of nitrogens with zero attached hydrogens (tertiary/aromatic N) is 2. The van der Waals surface area contributed by atoms with E-state index in [2.05, 4.69) is 5.10 Å². The zero-order valence-corrected chi connectivity index (χ0v) is 10.1. The number of aryl methyl sites for hydroxylation is 2. The largest absolute Gasteiger partial charge is 0.330 e. The molecule has 1 aromatic rings. The summed E-state index contributed by atoms with van der Waals surface area (Å²) in [6.07, 6.45) is 4.80. The molecule has 2 rings (SSSR count). The zero-order chi connectivity index (χ0) is 11.1. The van der Waals surface area contributed by atoms with Crippen LogP contribution in [-0.2, 0) is 12.5 Å². The van der Waals surface area contributed by atoms with Crippen molar-refractivity contribution < 1.29 is 0 Å². The molecule has 15 heavy (non-hydrogen) atoms. The SMILES string of the molecule is Cc1nn(C)c(Cl)c1C1(CN)CCCC1. The van der Waals surface area contributed by atoms with Gasteiger partial charge in [0.1, 0.15) is 5.15 Å². The highest BCUT2D eigenvalue weighted by Crippen LogP contribution is 2.44. The van der Waals surface area contributed by atoms with Crippen LogP contribution in [-0.4, -0.2) is 16.3 Å². The number of halogens is 1. The molecule has 1 aromatic heterocycles. The average Bonchev–Trinajstić information content (AvgIpc) is 2.75. The molecule has 4 heteroatoms. The lowest BCUT2D eigenvalue weighted by Gasteiger charge is -2.27. The smallest absolute Gasteiger partial charge is 0.130 e. The molecule has 84 valence electrons. The molecule has 0 saturated heterocycles. The minimum absolute atomic E-state index is 0.0927. The molecular weight excluding hydrogens is 210 g/mol.